The Kier molecular flexibility index (Phi) is 6.98. The molecule has 0 unspecified atom stereocenters. The molecule has 1 aromatic rings. The quantitative estimate of drug-likeness (QED) is 0.483. The van der Waals surface area contributed by atoms with Crippen molar-refractivity contribution in [3.8, 4) is 12.3 Å². The molecule has 6 nitrogen and oxygen atoms in total. The van der Waals surface area contributed by atoms with Crippen LogP contribution in [0.3, 0.4) is 0 Å². The van der Waals surface area contributed by atoms with Crippen molar-refractivity contribution in [2.45, 2.75) is 13.0 Å². The number of hydrogen-bond donors (Lipinski definition) is 1. The third kappa shape index (κ3) is 6.02. The van der Waals surface area contributed by atoms with Gasteiger partial charge in [-0.2, -0.15) is 4.98 Å². The minimum Gasteiger partial charge on any atom is -0.382 e. The average Bonchev–Trinajstić information content (AvgIpc) is 2.77. The van der Waals surface area contributed by atoms with Crippen molar-refractivity contribution in [2.75, 3.05) is 33.5 Å². The molecule has 0 spiro atoms. The zero-order chi connectivity index (χ0) is 12.3. The summed E-state index contributed by atoms with van der Waals surface area (Å²) in [5, 5.41) is 6.79. The van der Waals surface area contributed by atoms with Gasteiger partial charge in [-0.05, 0) is 0 Å². The molecular formula is C11H17N3O3. The van der Waals surface area contributed by atoms with Crippen LogP contribution in [-0.4, -0.2) is 43.6 Å². The highest BCUT2D eigenvalue weighted by atomic mass is 16.5. The van der Waals surface area contributed by atoms with Gasteiger partial charge < -0.3 is 14.0 Å². The van der Waals surface area contributed by atoms with Crippen LogP contribution in [0.5, 0.6) is 0 Å². The van der Waals surface area contributed by atoms with Crippen LogP contribution in [0.2, 0.25) is 0 Å². The van der Waals surface area contributed by atoms with Crippen molar-refractivity contribution >= 4 is 0 Å². The minimum absolute atomic E-state index is 0.484. The van der Waals surface area contributed by atoms with Gasteiger partial charge in [0.05, 0.1) is 32.9 Å². The molecule has 1 aromatic heterocycles. The Labute approximate surface area is 101 Å². The molecule has 94 valence electrons. The fourth-order valence-corrected chi connectivity index (χ4v) is 1.11. The predicted molar refractivity (Wildman–Crippen MR) is 61.2 cm³/mol. The fourth-order valence-electron chi connectivity index (χ4n) is 1.11. The molecule has 0 amide bonds. The highest BCUT2D eigenvalue weighted by Crippen LogP contribution is 1.98. The summed E-state index contributed by atoms with van der Waals surface area (Å²) in [7, 11) is 1.64. The summed E-state index contributed by atoms with van der Waals surface area (Å²) in [5.74, 6) is 3.64. The molecule has 0 fully saturated rings. The van der Waals surface area contributed by atoms with E-state index in [0.29, 0.717) is 51.0 Å². The SMILES string of the molecule is C#CCNCc1nc(CCOCCOC)no1. The number of terminal acetylenes is 1. The maximum Gasteiger partial charge on any atom is 0.240 e. The third-order valence-corrected chi connectivity index (χ3v) is 1.92. The first kappa shape index (κ1) is 13.6. The lowest BCUT2D eigenvalue weighted by atomic mass is 10.4. The lowest BCUT2D eigenvalue weighted by molar-refractivity contribution is 0.0714. The van der Waals surface area contributed by atoms with Gasteiger partial charge in [0, 0.05) is 13.5 Å². The Hall–Kier alpha value is -1.42. The number of aromatic nitrogens is 2. The van der Waals surface area contributed by atoms with E-state index in [1.54, 1.807) is 7.11 Å². The molecule has 17 heavy (non-hydrogen) atoms. The van der Waals surface area contributed by atoms with E-state index in [1.165, 1.54) is 0 Å². The molecule has 0 aliphatic carbocycles. The van der Waals surface area contributed by atoms with Crippen molar-refractivity contribution in [2.24, 2.45) is 0 Å². The number of methoxy groups -OCH3 is 1. The van der Waals surface area contributed by atoms with Crippen molar-refractivity contribution in [3.63, 3.8) is 0 Å². The van der Waals surface area contributed by atoms with Crippen molar-refractivity contribution in [3.05, 3.63) is 11.7 Å². The van der Waals surface area contributed by atoms with Crippen molar-refractivity contribution < 1.29 is 14.0 Å². The van der Waals surface area contributed by atoms with Crippen LogP contribution in [0.25, 0.3) is 0 Å². The van der Waals surface area contributed by atoms with Gasteiger partial charge in [0.2, 0.25) is 5.89 Å². The normalized spacial score (nSPS) is 10.4. The molecule has 6 heteroatoms. The average molecular weight is 239 g/mol. The largest absolute Gasteiger partial charge is 0.382 e. The Morgan fingerprint density at radius 3 is 3.06 bits per heavy atom. The Morgan fingerprint density at radius 2 is 2.29 bits per heavy atom. The Balaban J connectivity index is 2.15. The lowest BCUT2D eigenvalue weighted by Gasteiger charge is -1.99. The highest BCUT2D eigenvalue weighted by molar-refractivity contribution is 4.90. The zero-order valence-corrected chi connectivity index (χ0v) is 9.94. The number of ether oxygens (including phenoxy) is 2. The zero-order valence-electron chi connectivity index (χ0n) is 9.94. The molecule has 1 heterocycles. The summed E-state index contributed by atoms with van der Waals surface area (Å²) >= 11 is 0. The molecule has 0 atom stereocenters. The summed E-state index contributed by atoms with van der Waals surface area (Å²) in [5.41, 5.74) is 0. The van der Waals surface area contributed by atoms with Crippen LogP contribution in [0, 0.1) is 12.3 Å². The van der Waals surface area contributed by atoms with Crippen LogP contribution in [0.15, 0.2) is 4.52 Å². The summed E-state index contributed by atoms with van der Waals surface area (Å²) < 4.78 is 15.2. The second kappa shape index (κ2) is 8.70. The van der Waals surface area contributed by atoms with Gasteiger partial charge in [-0.1, -0.05) is 11.1 Å². The van der Waals surface area contributed by atoms with Crippen LogP contribution < -0.4 is 5.32 Å². The standard InChI is InChI=1S/C11H17N3O3/c1-3-5-12-9-11-13-10(14-17-11)4-6-16-8-7-15-2/h1,12H,4-9H2,2H3. The monoisotopic (exact) mass is 239 g/mol. The number of rotatable bonds is 9. The first-order chi connectivity index (χ1) is 8.36. The molecule has 0 saturated heterocycles. The maximum atomic E-state index is 5.30. The van der Waals surface area contributed by atoms with Gasteiger partial charge in [-0.3, -0.25) is 5.32 Å². The molecule has 0 aliphatic rings. The maximum absolute atomic E-state index is 5.30. The molecule has 1 N–H and O–H groups in total. The second-order valence-corrected chi connectivity index (χ2v) is 3.27. The first-order valence-corrected chi connectivity index (χ1v) is 5.39. The van der Waals surface area contributed by atoms with Crippen molar-refractivity contribution in [1.29, 1.82) is 0 Å². The van der Waals surface area contributed by atoms with Gasteiger partial charge in [0.25, 0.3) is 0 Å². The molecular weight excluding hydrogens is 222 g/mol. The molecule has 0 saturated carbocycles. The molecule has 0 bridgehead atoms. The molecule has 0 aliphatic heterocycles. The van der Waals surface area contributed by atoms with E-state index in [-0.39, 0.29) is 0 Å². The second-order valence-electron chi connectivity index (χ2n) is 3.27. The van der Waals surface area contributed by atoms with Crippen LogP contribution >= 0.6 is 0 Å². The topological polar surface area (TPSA) is 69.4 Å². The highest BCUT2D eigenvalue weighted by Gasteiger charge is 2.05. The molecule has 1 rings (SSSR count). The van der Waals surface area contributed by atoms with E-state index < -0.39 is 0 Å². The lowest BCUT2D eigenvalue weighted by Crippen LogP contribution is -2.13. The van der Waals surface area contributed by atoms with E-state index in [2.05, 4.69) is 21.4 Å². The van der Waals surface area contributed by atoms with E-state index in [9.17, 15) is 0 Å². The minimum atomic E-state index is 0.484. The molecule has 0 radical (unpaired) electrons. The third-order valence-electron chi connectivity index (χ3n) is 1.92. The summed E-state index contributed by atoms with van der Waals surface area (Å²) in [6.07, 6.45) is 5.72. The number of nitrogens with zero attached hydrogens (tertiary/aromatic N) is 2. The van der Waals surface area contributed by atoms with E-state index >= 15 is 0 Å². The summed E-state index contributed by atoms with van der Waals surface area (Å²) in [6, 6.07) is 0. The first-order valence-electron chi connectivity index (χ1n) is 5.39. The van der Waals surface area contributed by atoms with Gasteiger partial charge in [-0.15, -0.1) is 6.42 Å². The number of hydrogen-bond acceptors (Lipinski definition) is 6. The van der Waals surface area contributed by atoms with Gasteiger partial charge in [0.1, 0.15) is 0 Å². The molecule has 0 aromatic carbocycles. The summed E-state index contributed by atoms with van der Waals surface area (Å²) in [4.78, 5) is 4.18. The van der Waals surface area contributed by atoms with Crippen molar-refractivity contribution in [1.82, 2.24) is 15.5 Å². The Bertz CT molecular complexity index is 346. The van der Waals surface area contributed by atoms with Gasteiger partial charge >= 0.3 is 0 Å². The van der Waals surface area contributed by atoms with Crippen LogP contribution in [0.4, 0.5) is 0 Å². The number of nitrogens with one attached hydrogen (secondary N) is 1. The van der Waals surface area contributed by atoms with Gasteiger partial charge in [0.15, 0.2) is 5.82 Å². The van der Waals surface area contributed by atoms with Crippen LogP contribution in [0.1, 0.15) is 11.7 Å². The Morgan fingerprint density at radius 1 is 1.41 bits per heavy atom. The van der Waals surface area contributed by atoms with E-state index in [4.69, 9.17) is 20.4 Å². The van der Waals surface area contributed by atoms with Crippen LogP contribution in [-0.2, 0) is 22.4 Å². The van der Waals surface area contributed by atoms with Gasteiger partial charge in [-0.25, -0.2) is 0 Å². The smallest absolute Gasteiger partial charge is 0.240 e. The fraction of sp³-hybridized carbons (Fsp3) is 0.636. The van der Waals surface area contributed by atoms with E-state index in [0.717, 1.165) is 0 Å². The predicted octanol–water partition coefficient (Wildman–Crippen LogP) is -0.00210. The van der Waals surface area contributed by atoms with E-state index in [1.807, 2.05) is 0 Å². The summed E-state index contributed by atoms with van der Waals surface area (Å²) in [6.45, 7) is 2.69.